The van der Waals surface area contributed by atoms with E-state index in [0.717, 1.165) is 12.1 Å². The SMILES string of the molecule is Nc1cc2c([N+](=O)[O-])ccc(F)c2[nH]1. The Hall–Kier alpha value is -2.11. The number of fused-ring (bicyclic) bond motifs is 1. The lowest BCUT2D eigenvalue weighted by molar-refractivity contribution is -0.383. The fourth-order valence-corrected chi connectivity index (χ4v) is 1.35. The molecule has 0 bridgehead atoms. The van der Waals surface area contributed by atoms with Crippen LogP contribution in [-0.2, 0) is 0 Å². The van der Waals surface area contributed by atoms with Crippen molar-refractivity contribution < 1.29 is 9.31 Å². The summed E-state index contributed by atoms with van der Waals surface area (Å²) in [5, 5.41) is 10.8. The highest BCUT2D eigenvalue weighted by molar-refractivity contribution is 5.91. The lowest BCUT2D eigenvalue weighted by Gasteiger charge is -1.94. The molecule has 2 aromatic rings. The van der Waals surface area contributed by atoms with Gasteiger partial charge >= 0.3 is 0 Å². The van der Waals surface area contributed by atoms with Crippen molar-refractivity contribution in [1.82, 2.24) is 4.98 Å². The number of nitro benzene ring substituents is 1. The number of nitrogens with zero attached hydrogens (tertiary/aromatic N) is 1. The molecule has 0 aliphatic carbocycles. The maximum absolute atomic E-state index is 13.1. The predicted molar refractivity (Wildman–Crippen MR) is 49.3 cm³/mol. The van der Waals surface area contributed by atoms with E-state index in [1.807, 2.05) is 0 Å². The minimum atomic E-state index is -0.574. The van der Waals surface area contributed by atoms with Crippen LogP contribution in [0, 0.1) is 15.9 Å². The lowest BCUT2D eigenvalue weighted by atomic mass is 10.2. The molecule has 6 heteroatoms. The van der Waals surface area contributed by atoms with Crippen LogP contribution in [0.25, 0.3) is 10.9 Å². The monoisotopic (exact) mass is 195 g/mol. The number of benzene rings is 1. The van der Waals surface area contributed by atoms with E-state index in [0.29, 0.717) is 0 Å². The highest BCUT2D eigenvalue weighted by atomic mass is 19.1. The Morgan fingerprint density at radius 2 is 2.21 bits per heavy atom. The van der Waals surface area contributed by atoms with Crippen molar-refractivity contribution in [3.63, 3.8) is 0 Å². The van der Waals surface area contributed by atoms with Gasteiger partial charge in [-0.2, -0.15) is 0 Å². The quantitative estimate of drug-likeness (QED) is 0.537. The second-order valence-corrected chi connectivity index (χ2v) is 2.84. The molecule has 0 radical (unpaired) electrons. The number of aromatic nitrogens is 1. The first kappa shape index (κ1) is 8.49. The third-order valence-electron chi connectivity index (χ3n) is 1.94. The molecule has 5 nitrogen and oxygen atoms in total. The number of halogens is 1. The number of H-pyrrole nitrogens is 1. The van der Waals surface area contributed by atoms with E-state index >= 15 is 0 Å². The van der Waals surface area contributed by atoms with Gasteiger partial charge in [-0.3, -0.25) is 10.1 Å². The summed E-state index contributed by atoms with van der Waals surface area (Å²) in [6.07, 6.45) is 0. The lowest BCUT2D eigenvalue weighted by Crippen LogP contribution is -1.89. The number of aromatic amines is 1. The number of anilines is 1. The van der Waals surface area contributed by atoms with Crippen LogP contribution in [0.5, 0.6) is 0 Å². The third-order valence-corrected chi connectivity index (χ3v) is 1.94. The Balaban J connectivity index is 2.87. The molecule has 1 aromatic heterocycles. The van der Waals surface area contributed by atoms with Crippen molar-refractivity contribution in [2.75, 3.05) is 5.73 Å². The minimum Gasteiger partial charge on any atom is -0.385 e. The highest BCUT2D eigenvalue weighted by Crippen LogP contribution is 2.28. The fourth-order valence-electron chi connectivity index (χ4n) is 1.35. The van der Waals surface area contributed by atoms with Crippen LogP contribution >= 0.6 is 0 Å². The van der Waals surface area contributed by atoms with Crippen molar-refractivity contribution in [2.45, 2.75) is 0 Å². The summed E-state index contributed by atoms with van der Waals surface area (Å²) < 4.78 is 13.1. The summed E-state index contributed by atoms with van der Waals surface area (Å²) in [5.74, 6) is -0.351. The van der Waals surface area contributed by atoms with Gasteiger partial charge in [0.25, 0.3) is 5.69 Å². The minimum absolute atomic E-state index is 0.0664. The van der Waals surface area contributed by atoms with E-state index in [-0.39, 0.29) is 22.4 Å². The van der Waals surface area contributed by atoms with Gasteiger partial charge in [-0.15, -0.1) is 0 Å². The summed E-state index contributed by atoms with van der Waals surface area (Å²) in [6.45, 7) is 0. The van der Waals surface area contributed by atoms with Crippen LogP contribution in [0.1, 0.15) is 0 Å². The van der Waals surface area contributed by atoms with E-state index < -0.39 is 10.7 Å². The number of nitrogens with two attached hydrogens (primary N) is 1. The summed E-state index contributed by atoms with van der Waals surface area (Å²) in [7, 11) is 0. The predicted octanol–water partition coefficient (Wildman–Crippen LogP) is 1.80. The van der Waals surface area contributed by atoms with Crippen LogP contribution < -0.4 is 5.73 Å². The molecule has 0 spiro atoms. The second kappa shape index (κ2) is 2.69. The van der Waals surface area contributed by atoms with E-state index in [4.69, 9.17) is 5.73 Å². The van der Waals surface area contributed by atoms with Crippen LogP contribution in [-0.4, -0.2) is 9.91 Å². The topological polar surface area (TPSA) is 84.9 Å². The molecule has 2 rings (SSSR count). The Labute approximate surface area is 77.5 Å². The molecular weight excluding hydrogens is 189 g/mol. The van der Waals surface area contributed by atoms with Crippen molar-refractivity contribution in [2.24, 2.45) is 0 Å². The molecule has 0 saturated heterocycles. The Morgan fingerprint density at radius 1 is 1.50 bits per heavy atom. The normalized spacial score (nSPS) is 10.6. The Bertz CT molecular complexity index is 521. The summed E-state index contributed by atoms with van der Waals surface area (Å²) >= 11 is 0. The van der Waals surface area contributed by atoms with E-state index in [9.17, 15) is 14.5 Å². The molecule has 3 N–H and O–H groups in total. The molecule has 72 valence electrons. The first-order valence-electron chi connectivity index (χ1n) is 3.80. The van der Waals surface area contributed by atoms with Crippen LogP contribution in [0.2, 0.25) is 0 Å². The highest BCUT2D eigenvalue weighted by Gasteiger charge is 2.16. The molecule has 1 heterocycles. The molecule has 0 amide bonds. The average molecular weight is 195 g/mol. The number of hydrogen-bond donors (Lipinski definition) is 2. The van der Waals surface area contributed by atoms with Gasteiger partial charge in [0, 0.05) is 6.07 Å². The molecule has 0 aliphatic rings. The smallest absolute Gasteiger partial charge is 0.279 e. The molecule has 0 unspecified atom stereocenters. The number of hydrogen-bond acceptors (Lipinski definition) is 3. The molecular formula is C8H6FN3O2. The standard InChI is InChI=1S/C8H6FN3O2/c9-5-1-2-6(12(13)14)4-3-7(10)11-8(4)5/h1-3,11H,10H2. The molecule has 0 atom stereocenters. The van der Waals surface area contributed by atoms with Crippen LogP contribution in [0.15, 0.2) is 18.2 Å². The zero-order valence-electron chi connectivity index (χ0n) is 6.95. The second-order valence-electron chi connectivity index (χ2n) is 2.84. The summed E-state index contributed by atoms with van der Waals surface area (Å²) in [4.78, 5) is 12.5. The Kier molecular flexibility index (Phi) is 1.63. The van der Waals surface area contributed by atoms with Gasteiger partial charge in [0.2, 0.25) is 0 Å². The molecule has 0 aliphatic heterocycles. The Morgan fingerprint density at radius 3 is 2.86 bits per heavy atom. The van der Waals surface area contributed by atoms with Gasteiger partial charge in [0.1, 0.15) is 11.6 Å². The van der Waals surface area contributed by atoms with Gasteiger partial charge in [-0.1, -0.05) is 0 Å². The van der Waals surface area contributed by atoms with Gasteiger partial charge in [0.15, 0.2) is 0 Å². The van der Waals surface area contributed by atoms with Crippen molar-refractivity contribution >= 4 is 22.4 Å². The number of rotatable bonds is 1. The van der Waals surface area contributed by atoms with Crippen molar-refractivity contribution in [1.29, 1.82) is 0 Å². The van der Waals surface area contributed by atoms with Gasteiger partial charge < -0.3 is 10.7 Å². The molecule has 0 saturated carbocycles. The van der Waals surface area contributed by atoms with Crippen molar-refractivity contribution in [3.8, 4) is 0 Å². The van der Waals surface area contributed by atoms with E-state index in [1.54, 1.807) is 0 Å². The molecule has 0 fully saturated rings. The average Bonchev–Trinajstić information content (AvgIpc) is 2.47. The van der Waals surface area contributed by atoms with E-state index in [2.05, 4.69) is 4.98 Å². The summed E-state index contributed by atoms with van der Waals surface area (Å²) in [5.41, 5.74) is 5.29. The van der Waals surface area contributed by atoms with Crippen LogP contribution in [0.3, 0.4) is 0 Å². The number of non-ortho nitro benzene ring substituents is 1. The zero-order valence-corrected chi connectivity index (χ0v) is 6.95. The third kappa shape index (κ3) is 1.08. The van der Waals surface area contributed by atoms with Gasteiger partial charge in [-0.25, -0.2) is 4.39 Å². The number of nitrogen functional groups attached to an aromatic ring is 1. The fraction of sp³-hybridized carbons (Fsp3) is 0. The van der Waals surface area contributed by atoms with Gasteiger partial charge in [0.05, 0.1) is 15.8 Å². The largest absolute Gasteiger partial charge is 0.385 e. The molecule has 14 heavy (non-hydrogen) atoms. The molecule has 1 aromatic carbocycles. The first-order valence-corrected chi connectivity index (χ1v) is 3.80. The summed E-state index contributed by atoms with van der Waals surface area (Å²) in [6, 6.07) is 3.50. The zero-order chi connectivity index (χ0) is 10.3. The number of nitrogens with one attached hydrogen (secondary N) is 1. The van der Waals surface area contributed by atoms with Crippen molar-refractivity contribution in [3.05, 3.63) is 34.1 Å². The maximum Gasteiger partial charge on any atom is 0.279 e. The number of nitro groups is 1. The van der Waals surface area contributed by atoms with E-state index in [1.165, 1.54) is 6.07 Å². The maximum atomic E-state index is 13.1. The van der Waals surface area contributed by atoms with Crippen LogP contribution in [0.4, 0.5) is 15.9 Å². The first-order chi connectivity index (χ1) is 6.59. The van der Waals surface area contributed by atoms with Gasteiger partial charge in [-0.05, 0) is 12.1 Å².